The second-order valence-electron chi connectivity index (χ2n) is 4.95. The minimum atomic E-state index is -3.92. The van der Waals surface area contributed by atoms with Crippen LogP contribution in [0.3, 0.4) is 0 Å². The number of nitrogens with one attached hydrogen (secondary N) is 1. The third-order valence-electron chi connectivity index (χ3n) is 3.31. The van der Waals surface area contributed by atoms with Crippen molar-refractivity contribution < 1.29 is 22.4 Å². The first-order valence-corrected chi connectivity index (χ1v) is 9.26. The third-order valence-corrected chi connectivity index (χ3v) is 6.65. The SMILES string of the molecule is O=C(Cc1ccsc1S(=O)(=O)c1ccc(F)cc1)C(=O)c1ncn[nH]1. The fourth-order valence-electron chi connectivity index (χ4n) is 2.11. The number of nitrogens with zero attached hydrogens (tertiary/aromatic N) is 2. The molecular formula is C15H10FN3O4S2. The van der Waals surface area contributed by atoms with Crippen molar-refractivity contribution in [3.63, 3.8) is 0 Å². The predicted octanol–water partition coefficient (Wildman–Crippen LogP) is 1.83. The van der Waals surface area contributed by atoms with Gasteiger partial charge in [-0.25, -0.2) is 17.8 Å². The van der Waals surface area contributed by atoms with Gasteiger partial charge in [-0.2, -0.15) is 5.10 Å². The van der Waals surface area contributed by atoms with Crippen LogP contribution < -0.4 is 0 Å². The highest BCUT2D eigenvalue weighted by Gasteiger charge is 2.26. The number of aromatic amines is 1. The van der Waals surface area contributed by atoms with Gasteiger partial charge >= 0.3 is 0 Å². The molecular weight excluding hydrogens is 369 g/mol. The number of ketones is 2. The smallest absolute Gasteiger partial charge is 0.265 e. The summed E-state index contributed by atoms with van der Waals surface area (Å²) in [5.74, 6) is -2.46. The van der Waals surface area contributed by atoms with Crippen LogP contribution in [0.25, 0.3) is 0 Å². The molecule has 0 radical (unpaired) electrons. The average molecular weight is 379 g/mol. The molecule has 2 aromatic heterocycles. The van der Waals surface area contributed by atoms with Crippen molar-refractivity contribution in [2.24, 2.45) is 0 Å². The lowest BCUT2D eigenvalue weighted by molar-refractivity contribution is -0.114. The van der Waals surface area contributed by atoms with E-state index in [0.29, 0.717) is 0 Å². The van der Waals surface area contributed by atoms with Gasteiger partial charge < -0.3 is 0 Å². The molecule has 0 aliphatic heterocycles. The van der Waals surface area contributed by atoms with Crippen molar-refractivity contribution >= 4 is 32.7 Å². The lowest BCUT2D eigenvalue weighted by Crippen LogP contribution is -2.19. The molecule has 0 bridgehead atoms. The molecule has 0 amide bonds. The van der Waals surface area contributed by atoms with Gasteiger partial charge in [-0.05, 0) is 41.3 Å². The molecule has 10 heteroatoms. The number of carbonyl (C=O) groups is 2. The maximum atomic E-state index is 13.0. The van der Waals surface area contributed by atoms with Gasteiger partial charge in [0.2, 0.25) is 15.6 Å². The Bertz CT molecular complexity index is 1030. The van der Waals surface area contributed by atoms with Gasteiger partial charge in [0.1, 0.15) is 16.4 Å². The molecule has 0 saturated carbocycles. The summed E-state index contributed by atoms with van der Waals surface area (Å²) < 4.78 is 38.3. The largest absolute Gasteiger partial charge is 0.290 e. The van der Waals surface area contributed by atoms with E-state index in [1.54, 1.807) is 0 Å². The Morgan fingerprint density at radius 2 is 1.88 bits per heavy atom. The van der Waals surface area contributed by atoms with Gasteiger partial charge in [0.15, 0.2) is 5.82 Å². The van der Waals surface area contributed by atoms with Crippen LogP contribution in [0.2, 0.25) is 0 Å². The van der Waals surface area contributed by atoms with Gasteiger partial charge in [-0.15, -0.1) is 11.3 Å². The molecule has 1 aromatic carbocycles. The number of benzene rings is 1. The summed E-state index contributed by atoms with van der Waals surface area (Å²) in [4.78, 5) is 27.5. The first-order chi connectivity index (χ1) is 11.9. The lowest BCUT2D eigenvalue weighted by Gasteiger charge is -2.05. The zero-order valence-corrected chi connectivity index (χ0v) is 14.1. The molecule has 0 spiro atoms. The summed E-state index contributed by atoms with van der Waals surface area (Å²) in [6.45, 7) is 0. The van der Waals surface area contributed by atoms with E-state index < -0.39 is 33.6 Å². The molecule has 3 aromatic rings. The number of halogens is 1. The summed E-state index contributed by atoms with van der Waals surface area (Å²) in [7, 11) is -3.92. The summed E-state index contributed by atoms with van der Waals surface area (Å²) >= 11 is 0.926. The number of aromatic nitrogens is 3. The van der Waals surface area contributed by atoms with E-state index in [4.69, 9.17) is 0 Å². The molecule has 0 aliphatic carbocycles. The second kappa shape index (κ2) is 6.65. The molecule has 1 N–H and O–H groups in total. The molecule has 0 unspecified atom stereocenters. The van der Waals surface area contributed by atoms with Crippen molar-refractivity contribution in [1.82, 2.24) is 15.2 Å². The Balaban J connectivity index is 1.89. The van der Waals surface area contributed by atoms with Crippen LogP contribution in [-0.2, 0) is 21.1 Å². The second-order valence-corrected chi connectivity index (χ2v) is 8.01. The van der Waals surface area contributed by atoms with Crippen molar-refractivity contribution in [2.45, 2.75) is 15.5 Å². The number of Topliss-reactive ketones (excluding diaryl/α,β-unsaturated/α-hetero) is 2. The number of thiophene rings is 1. The number of hydrogen-bond donors (Lipinski definition) is 1. The highest BCUT2D eigenvalue weighted by Crippen LogP contribution is 2.29. The first kappa shape index (κ1) is 17.1. The zero-order valence-electron chi connectivity index (χ0n) is 12.5. The minimum absolute atomic E-state index is 0.0576. The molecule has 0 saturated heterocycles. The Hall–Kier alpha value is -2.72. The third kappa shape index (κ3) is 3.39. The zero-order chi connectivity index (χ0) is 18.0. The van der Waals surface area contributed by atoms with E-state index in [9.17, 15) is 22.4 Å². The molecule has 2 heterocycles. The fraction of sp³-hybridized carbons (Fsp3) is 0.0667. The van der Waals surface area contributed by atoms with E-state index in [2.05, 4.69) is 15.2 Å². The van der Waals surface area contributed by atoms with Crippen molar-refractivity contribution in [3.8, 4) is 0 Å². The number of sulfone groups is 1. The first-order valence-electron chi connectivity index (χ1n) is 6.89. The fourth-order valence-corrected chi connectivity index (χ4v) is 4.91. The minimum Gasteiger partial charge on any atom is -0.290 e. The Morgan fingerprint density at radius 1 is 1.16 bits per heavy atom. The van der Waals surface area contributed by atoms with Crippen molar-refractivity contribution in [2.75, 3.05) is 0 Å². The molecule has 7 nitrogen and oxygen atoms in total. The Labute approximate surface area is 145 Å². The molecule has 0 aliphatic rings. The number of hydrogen-bond acceptors (Lipinski definition) is 7. The van der Waals surface area contributed by atoms with Gasteiger partial charge in [0, 0.05) is 6.42 Å². The van der Waals surface area contributed by atoms with Crippen LogP contribution in [0.1, 0.15) is 16.2 Å². The van der Waals surface area contributed by atoms with E-state index in [-0.39, 0.29) is 20.5 Å². The average Bonchev–Trinajstić information content (AvgIpc) is 3.26. The van der Waals surface area contributed by atoms with E-state index in [1.807, 2.05) is 0 Å². The number of carbonyl (C=O) groups excluding carboxylic acids is 2. The maximum Gasteiger partial charge on any atom is 0.265 e. The Kier molecular flexibility index (Phi) is 4.55. The summed E-state index contributed by atoms with van der Waals surface area (Å²) in [5.41, 5.74) is 0.201. The van der Waals surface area contributed by atoms with Crippen LogP contribution in [-0.4, -0.2) is 35.2 Å². The van der Waals surface area contributed by atoms with Gasteiger partial charge in [-0.3, -0.25) is 14.7 Å². The normalized spacial score (nSPS) is 11.4. The van der Waals surface area contributed by atoms with Crippen LogP contribution >= 0.6 is 11.3 Å². The highest BCUT2D eigenvalue weighted by atomic mass is 32.2. The Morgan fingerprint density at radius 3 is 2.52 bits per heavy atom. The summed E-state index contributed by atoms with van der Waals surface area (Å²) in [6.07, 6.45) is 0.703. The van der Waals surface area contributed by atoms with Crippen LogP contribution in [0.5, 0.6) is 0 Å². The van der Waals surface area contributed by atoms with Crippen molar-refractivity contribution in [1.29, 1.82) is 0 Å². The van der Waals surface area contributed by atoms with Gasteiger partial charge in [-0.1, -0.05) is 0 Å². The molecule has 128 valence electrons. The number of rotatable bonds is 6. The maximum absolute atomic E-state index is 13.0. The van der Waals surface area contributed by atoms with E-state index in [0.717, 1.165) is 41.9 Å². The standard InChI is InChI=1S/C15H10FN3O4S2/c16-10-1-3-11(4-2-10)25(22,23)15-9(5-6-24-15)7-12(20)13(21)14-17-8-18-19-14/h1-6,8H,7H2,(H,17,18,19). The van der Waals surface area contributed by atoms with Crippen molar-refractivity contribution in [3.05, 3.63) is 59.2 Å². The topological polar surface area (TPSA) is 110 Å². The summed E-state index contributed by atoms with van der Waals surface area (Å²) in [6, 6.07) is 5.84. The number of H-pyrrole nitrogens is 1. The van der Waals surface area contributed by atoms with Crippen LogP contribution in [0, 0.1) is 5.82 Å². The van der Waals surface area contributed by atoms with E-state index in [1.165, 1.54) is 11.4 Å². The van der Waals surface area contributed by atoms with E-state index >= 15 is 0 Å². The molecule has 3 rings (SSSR count). The quantitative estimate of drug-likeness (QED) is 0.397. The molecule has 0 atom stereocenters. The predicted molar refractivity (Wildman–Crippen MR) is 85.6 cm³/mol. The monoisotopic (exact) mass is 379 g/mol. The highest BCUT2D eigenvalue weighted by molar-refractivity contribution is 7.93. The van der Waals surface area contributed by atoms with Crippen LogP contribution in [0.4, 0.5) is 4.39 Å². The lowest BCUT2D eigenvalue weighted by atomic mass is 10.1. The summed E-state index contributed by atoms with van der Waals surface area (Å²) in [5, 5.41) is 7.30. The molecule has 25 heavy (non-hydrogen) atoms. The van der Waals surface area contributed by atoms with Crippen LogP contribution in [0.15, 0.2) is 51.1 Å². The van der Waals surface area contributed by atoms with Gasteiger partial charge in [0.05, 0.1) is 4.90 Å². The molecule has 0 fully saturated rings. The van der Waals surface area contributed by atoms with Gasteiger partial charge in [0.25, 0.3) is 5.78 Å².